The second kappa shape index (κ2) is 4.57. The van der Waals surface area contributed by atoms with Gasteiger partial charge in [-0.2, -0.15) is 0 Å². The Morgan fingerprint density at radius 3 is 2.56 bits per heavy atom. The van der Waals surface area contributed by atoms with Gasteiger partial charge in [-0.25, -0.2) is 9.97 Å². The van der Waals surface area contributed by atoms with Crippen LogP contribution in [0.25, 0.3) is 0 Å². The van der Waals surface area contributed by atoms with Crippen LogP contribution in [-0.2, 0) is 0 Å². The van der Waals surface area contributed by atoms with Crippen molar-refractivity contribution >= 4 is 5.91 Å². The molecule has 1 heterocycles. The zero-order valence-electron chi connectivity index (χ0n) is 10.2. The summed E-state index contributed by atoms with van der Waals surface area (Å²) in [5.41, 5.74) is 6.28. The summed E-state index contributed by atoms with van der Waals surface area (Å²) in [6, 6.07) is 1.66. The Morgan fingerprint density at radius 2 is 2.06 bits per heavy atom. The monoisotopic (exact) mass is 222 g/mol. The van der Waals surface area contributed by atoms with Crippen molar-refractivity contribution in [1.82, 2.24) is 15.3 Å². The number of aromatic nitrogens is 2. The van der Waals surface area contributed by atoms with Crippen LogP contribution < -0.4 is 11.1 Å². The predicted molar refractivity (Wildman–Crippen MR) is 62.1 cm³/mol. The van der Waals surface area contributed by atoms with Crippen molar-refractivity contribution in [2.24, 2.45) is 5.73 Å². The fourth-order valence-corrected chi connectivity index (χ4v) is 1.26. The highest BCUT2D eigenvalue weighted by molar-refractivity contribution is 5.92. The molecule has 0 unspecified atom stereocenters. The minimum Gasteiger partial charge on any atom is -0.345 e. The average molecular weight is 222 g/mol. The zero-order chi connectivity index (χ0) is 12.3. The first-order chi connectivity index (χ1) is 7.34. The van der Waals surface area contributed by atoms with E-state index in [0.29, 0.717) is 18.1 Å². The number of hydrogen-bond donors (Lipinski definition) is 2. The fourth-order valence-electron chi connectivity index (χ4n) is 1.26. The third kappa shape index (κ3) is 3.27. The number of nitrogens with two attached hydrogens (primary N) is 1. The molecule has 0 saturated heterocycles. The predicted octanol–water partition coefficient (Wildman–Crippen LogP) is 0.561. The van der Waals surface area contributed by atoms with E-state index < -0.39 is 5.54 Å². The summed E-state index contributed by atoms with van der Waals surface area (Å²) in [6.07, 6.45) is 0. The summed E-state index contributed by atoms with van der Waals surface area (Å²) in [7, 11) is 0. The van der Waals surface area contributed by atoms with Gasteiger partial charge in [0.05, 0.1) is 0 Å². The minimum atomic E-state index is -0.427. The quantitative estimate of drug-likeness (QED) is 0.783. The molecule has 0 saturated carbocycles. The van der Waals surface area contributed by atoms with Crippen molar-refractivity contribution < 1.29 is 4.79 Å². The first-order valence-electron chi connectivity index (χ1n) is 5.19. The molecule has 1 aromatic rings. The fraction of sp³-hybridized carbons (Fsp3) is 0.545. The van der Waals surface area contributed by atoms with Crippen molar-refractivity contribution in [3.8, 4) is 0 Å². The van der Waals surface area contributed by atoms with Gasteiger partial charge in [0.1, 0.15) is 11.5 Å². The molecule has 88 valence electrons. The van der Waals surface area contributed by atoms with Gasteiger partial charge in [-0.3, -0.25) is 4.79 Å². The molecule has 5 nitrogen and oxygen atoms in total. The number of hydrogen-bond acceptors (Lipinski definition) is 4. The van der Waals surface area contributed by atoms with Crippen LogP contribution in [0.1, 0.15) is 35.9 Å². The van der Waals surface area contributed by atoms with Crippen LogP contribution in [0.5, 0.6) is 0 Å². The molecule has 1 rings (SSSR count). The van der Waals surface area contributed by atoms with E-state index in [1.807, 2.05) is 20.8 Å². The number of aryl methyl sites for hydroxylation is 2. The number of nitrogens with zero attached hydrogens (tertiary/aromatic N) is 2. The summed E-state index contributed by atoms with van der Waals surface area (Å²) in [5, 5.41) is 2.82. The van der Waals surface area contributed by atoms with Gasteiger partial charge in [-0.05, 0) is 33.8 Å². The van der Waals surface area contributed by atoms with Gasteiger partial charge in [0.25, 0.3) is 5.91 Å². The van der Waals surface area contributed by atoms with E-state index >= 15 is 0 Å². The largest absolute Gasteiger partial charge is 0.345 e. The number of carbonyl (C=O) groups is 1. The lowest BCUT2D eigenvalue weighted by atomic mass is 10.1. The average Bonchev–Trinajstić information content (AvgIpc) is 2.15. The molecule has 0 aliphatic heterocycles. The standard InChI is InChI=1S/C11H18N4O/c1-7-5-9(14-8(2)13-7)10(16)15-11(3,4)6-12/h5H,6,12H2,1-4H3,(H,15,16). The number of carbonyl (C=O) groups excluding carboxylic acids is 1. The second-order valence-corrected chi connectivity index (χ2v) is 4.48. The van der Waals surface area contributed by atoms with Gasteiger partial charge in [0.2, 0.25) is 0 Å². The smallest absolute Gasteiger partial charge is 0.270 e. The molecule has 1 aromatic heterocycles. The Bertz CT molecular complexity index is 381. The summed E-state index contributed by atoms with van der Waals surface area (Å²) >= 11 is 0. The molecular formula is C11H18N4O. The number of rotatable bonds is 3. The van der Waals surface area contributed by atoms with E-state index in [1.54, 1.807) is 13.0 Å². The maximum absolute atomic E-state index is 11.9. The van der Waals surface area contributed by atoms with Crippen LogP contribution in [0.4, 0.5) is 0 Å². The van der Waals surface area contributed by atoms with Crippen molar-refractivity contribution in [3.05, 3.63) is 23.3 Å². The molecule has 0 aromatic carbocycles. The Morgan fingerprint density at radius 1 is 1.44 bits per heavy atom. The summed E-state index contributed by atoms with van der Waals surface area (Å²) < 4.78 is 0. The number of nitrogens with one attached hydrogen (secondary N) is 1. The van der Waals surface area contributed by atoms with Crippen molar-refractivity contribution in [3.63, 3.8) is 0 Å². The van der Waals surface area contributed by atoms with E-state index in [4.69, 9.17) is 5.73 Å². The van der Waals surface area contributed by atoms with Gasteiger partial charge in [-0.15, -0.1) is 0 Å². The zero-order valence-corrected chi connectivity index (χ0v) is 10.2. The lowest BCUT2D eigenvalue weighted by Crippen LogP contribution is -2.49. The number of amides is 1. The normalized spacial score (nSPS) is 11.3. The van der Waals surface area contributed by atoms with E-state index in [0.717, 1.165) is 5.69 Å². The minimum absolute atomic E-state index is 0.218. The maximum Gasteiger partial charge on any atom is 0.270 e. The molecule has 0 aliphatic carbocycles. The van der Waals surface area contributed by atoms with Crippen LogP contribution in [0.3, 0.4) is 0 Å². The van der Waals surface area contributed by atoms with Gasteiger partial charge in [0.15, 0.2) is 0 Å². The van der Waals surface area contributed by atoms with Crippen molar-refractivity contribution in [1.29, 1.82) is 0 Å². The Balaban J connectivity index is 2.89. The molecule has 3 N–H and O–H groups in total. The highest BCUT2D eigenvalue weighted by Crippen LogP contribution is 2.04. The molecule has 0 radical (unpaired) electrons. The van der Waals surface area contributed by atoms with Crippen molar-refractivity contribution in [2.45, 2.75) is 33.2 Å². The Labute approximate surface area is 95.5 Å². The molecule has 1 amide bonds. The molecule has 16 heavy (non-hydrogen) atoms. The van der Waals surface area contributed by atoms with Crippen molar-refractivity contribution in [2.75, 3.05) is 6.54 Å². The molecular weight excluding hydrogens is 204 g/mol. The van der Waals surface area contributed by atoms with Crippen LogP contribution in [0.15, 0.2) is 6.07 Å². The SMILES string of the molecule is Cc1cc(C(=O)NC(C)(C)CN)nc(C)n1. The van der Waals surface area contributed by atoms with Crippen LogP contribution in [0.2, 0.25) is 0 Å². The summed E-state index contributed by atoms with van der Waals surface area (Å²) in [6.45, 7) is 7.71. The van der Waals surface area contributed by atoms with Gasteiger partial charge < -0.3 is 11.1 Å². The second-order valence-electron chi connectivity index (χ2n) is 4.48. The Hall–Kier alpha value is -1.49. The van der Waals surface area contributed by atoms with Crippen LogP contribution >= 0.6 is 0 Å². The first kappa shape index (κ1) is 12.6. The molecule has 0 spiro atoms. The van der Waals surface area contributed by atoms with Crippen LogP contribution in [-0.4, -0.2) is 28.0 Å². The molecule has 0 fully saturated rings. The van der Waals surface area contributed by atoms with Gasteiger partial charge in [-0.1, -0.05) is 0 Å². The van der Waals surface area contributed by atoms with E-state index in [2.05, 4.69) is 15.3 Å². The molecule has 0 bridgehead atoms. The summed E-state index contributed by atoms with van der Waals surface area (Å²) in [5.74, 6) is 0.375. The molecule has 5 heteroatoms. The van der Waals surface area contributed by atoms with Crippen LogP contribution in [0, 0.1) is 13.8 Å². The van der Waals surface area contributed by atoms with E-state index in [1.165, 1.54) is 0 Å². The first-order valence-corrected chi connectivity index (χ1v) is 5.19. The summed E-state index contributed by atoms with van der Waals surface area (Å²) in [4.78, 5) is 20.1. The third-order valence-electron chi connectivity index (χ3n) is 2.16. The van der Waals surface area contributed by atoms with E-state index in [-0.39, 0.29) is 5.91 Å². The highest BCUT2D eigenvalue weighted by Gasteiger charge is 2.20. The van der Waals surface area contributed by atoms with E-state index in [9.17, 15) is 4.79 Å². The lowest BCUT2D eigenvalue weighted by molar-refractivity contribution is 0.0910. The Kier molecular flexibility index (Phi) is 3.59. The maximum atomic E-state index is 11.9. The molecule has 0 atom stereocenters. The lowest BCUT2D eigenvalue weighted by Gasteiger charge is -2.23. The van der Waals surface area contributed by atoms with Gasteiger partial charge in [0, 0.05) is 17.8 Å². The topological polar surface area (TPSA) is 80.9 Å². The molecule has 0 aliphatic rings. The third-order valence-corrected chi connectivity index (χ3v) is 2.16. The highest BCUT2D eigenvalue weighted by atomic mass is 16.2. The van der Waals surface area contributed by atoms with Gasteiger partial charge >= 0.3 is 0 Å².